The first kappa shape index (κ1) is 25.0. The molecule has 0 saturated heterocycles. The van der Waals surface area contributed by atoms with Crippen molar-refractivity contribution in [2.24, 2.45) is 0 Å². The van der Waals surface area contributed by atoms with Gasteiger partial charge < -0.3 is 14.6 Å². The van der Waals surface area contributed by atoms with Gasteiger partial charge in [-0.15, -0.1) is 10.2 Å². The lowest BCUT2D eigenvalue weighted by molar-refractivity contribution is 0.196. The maximum absolute atomic E-state index is 13.2. The van der Waals surface area contributed by atoms with Gasteiger partial charge in [0.05, 0.1) is 26.1 Å². The van der Waals surface area contributed by atoms with Crippen LogP contribution in [0.5, 0.6) is 11.5 Å². The fourth-order valence-electron chi connectivity index (χ4n) is 3.54. The second-order valence-electron chi connectivity index (χ2n) is 7.75. The molecule has 11 nitrogen and oxygen atoms in total. The number of hydrogen-bond acceptors (Lipinski definition) is 9. The summed E-state index contributed by atoms with van der Waals surface area (Å²) in [5, 5.41) is 18.7. The van der Waals surface area contributed by atoms with Crippen LogP contribution in [0, 0.1) is 12.7 Å². The summed E-state index contributed by atoms with van der Waals surface area (Å²) < 4.78 is 54.0. The van der Waals surface area contributed by atoms with Crippen LogP contribution in [0.1, 0.15) is 17.4 Å². The lowest BCUT2D eigenvalue weighted by Gasteiger charge is -2.18. The van der Waals surface area contributed by atoms with E-state index in [2.05, 4.69) is 24.9 Å². The normalized spacial score (nSPS) is 12.2. The number of rotatable bonds is 9. The average molecular weight is 515 g/mol. The van der Waals surface area contributed by atoms with Crippen LogP contribution >= 0.6 is 0 Å². The van der Waals surface area contributed by atoms with Crippen molar-refractivity contribution >= 4 is 16.0 Å². The van der Waals surface area contributed by atoms with E-state index in [1.165, 1.54) is 24.9 Å². The van der Waals surface area contributed by atoms with Gasteiger partial charge in [0.1, 0.15) is 34.9 Å². The molecule has 188 valence electrons. The second-order valence-corrected chi connectivity index (χ2v) is 9.51. The molecule has 3 heterocycles. The van der Waals surface area contributed by atoms with Crippen molar-refractivity contribution in [3.05, 3.63) is 72.1 Å². The van der Waals surface area contributed by atoms with Crippen LogP contribution in [0.2, 0.25) is 0 Å². The van der Waals surface area contributed by atoms with Gasteiger partial charge in [0.2, 0.25) is 16.0 Å². The van der Waals surface area contributed by atoms with Gasteiger partial charge >= 0.3 is 0 Å². The number of aryl methyl sites for hydroxylation is 1. The molecule has 0 bridgehead atoms. The molecule has 4 aromatic rings. The number of sulfonamides is 1. The molecule has 0 spiro atoms. The maximum atomic E-state index is 13.2. The fraction of sp³-hybridized carbons (Fsp3) is 0.217. The SMILES string of the molecule is COc1cccc(OC)c1-n1c(NS(=O)(=O)C[C@H](O)c2ccc(F)cn2)nnc1-c1cncc(C)c1. The number of nitrogens with one attached hydrogen (secondary N) is 1. The van der Waals surface area contributed by atoms with Crippen molar-refractivity contribution in [1.82, 2.24) is 24.7 Å². The van der Waals surface area contributed by atoms with Gasteiger partial charge in [-0.05, 0) is 42.8 Å². The number of para-hydroxylation sites is 1. The molecule has 0 aliphatic carbocycles. The third-order valence-electron chi connectivity index (χ3n) is 5.14. The summed E-state index contributed by atoms with van der Waals surface area (Å²) >= 11 is 0. The minimum absolute atomic E-state index is 0.00108. The third-order valence-corrected chi connectivity index (χ3v) is 6.39. The van der Waals surface area contributed by atoms with E-state index in [4.69, 9.17) is 9.47 Å². The van der Waals surface area contributed by atoms with Gasteiger partial charge in [0, 0.05) is 18.0 Å². The molecule has 13 heteroatoms. The standard InChI is InChI=1S/C23H23FN6O5S/c1-14-9-15(11-25-10-14)22-27-28-23(30(22)21-19(34-2)5-4-6-20(21)35-3)29-36(32,33)13-18(31)17-8-7-16(24)12-26-17/h4-12,18,31H,13H2,1-3H3,(H,28,29)/t18-/m0/s1. The Labute approximate surface area is 206 Å². The van der Waals surface area contributed by atoms with E-state index in [9.17, 15) is 17.9 Å². The molecular weight excluding hydrogens is 491 g/mol. The topological polar surface area (TPSA) is 141 Å². The minimum Gasteiger partial charge on any atom is -0.494 e. The molecule has 1 atom stereocenters. The number of hydrogen-bond donors (Lipinski definition) is 2. The van der Waals surface area contributed by atoms with Crippen molar-refractivity contribution in [2.75, 3.05) is 24.7 Å². The van der Waals surface area contributed by atoms with Crippen LogP contribution in [0.3, 0.4) is 0 Å². The Morgan fingerprint density at radius 1 is 1.08 bits per heavy atom. The summed E-state index contributed by atoms with van der Waals surface area (Å²) in [6.07, 6.45) is 2.62. The number of methoxy groups -OCH3 is 2. The Kier molecular flexibility index (Phi) is 7.12. The van der Waals surface area contributed by atoms with Gasteiger partial charge in [-0.25, -0.2) is 12.8 Å². The van der Waals surface area contributed by atoms with E-state index in [0.29, 0.717) is 22.7 Å². The Balaban J connectivity index is 1.80. The average Bonchev–Trinajstić information content (AvgIpc) is 3.25. The van der Waals surface area contributed by atoms with Crippen molar-refractivity contribution in [3.63, 3.8) is 0 Å². The number of anilines is 1. The number of aliphatic hydroxyl groups is 1. The number of pyridine rings is 2. The van der Waals surface area contributed by atoms with Crippen molar-refractivity contribution in [2.45, 2.75) is 13.0 Å². The highest BCUT2D eigenvalue weighted by Crippen LogP contribution is 2.37. The molecule has 0 unspecified atom stereocenters. The monoisotopic (exact) mass is 514 g/mol. The molecule has 1 aromatic carbocycles. The molecule has 0 amide bonds. The largest absolute Gasteiger partial charge is 0.494 e. The minimum atomic E-state index is -4.19. The van der Waals surface area contributed by atoms with Gasteiger partial charge in [0.15, 0.2) is 5.82 Å². The number of ether oxygens (including phenoxy) is 2. The van der Waals surface area contributed by atoms with Crippen LogP contribution in [0.15, 0.2) is 55.0 Å². The molecule has 2 N–H and O–H groups in total. The lowest BCUT2D eigenvalue weighted by atomic mass is 10.2. The Morgan fingerprint density at radius 2 is 1.81 bits per heavy atom. The zero-order valence-corrected chi connectivity index (χ0v) is 20.4. The van der Waals surface area contributed by atoms with Gasteiger partial charge in [-0.2, -0.15) is 0 Å². The van der Waals surface area contributed by atoms with E-state index in [1.54, 1.807) is 30.6 Å². The molecule has 0 saturated carbocycles. The van der Waals surface area contributed by atoms with E-state index >= 15 is 0 Å². The second kappa shape index (κ2) is 10.3. The van der Waals surface area contributed by atoms with Crippen LogP contribution < -0.4 is 14.2 Å². The molecule has 4 rings (SSSR count). The first-order valence-electron chi connectivity index (χ1n) is 10.6. The molecular formula is C23H23FN6O5S. The first-order chi connectivity index (χ1) is 17.2. The molecule has 0 radical (unpaired) electrons. The molecule has 0 fully saturated rings. The molecule has 36 heavy (non-hydrogen) atoms. The highest BCUT2D eigenvalue weighted by molar-refractivity contribution is 7.92. The third kappa shape index (κ3) is 5.26. The van der Waals surface area contributed by atoms with Gasteiger partial charge in [-0.1, -0.05) is 6.07 Å². The smallest absolute Gasteiger partial charge is 0.243 e. The highest BCUT2D eigenvalue weighted by atomic mass is 32.2. The summed E-state index contributed by atoms with van der Waals surface area (Å²) in [5.74, 6) is -0.535. The zero-order valence-electron chi connectivity index (χ0n) is 19.6. The van der Waals surface area contributed by atoms with E-state index in [1.807, 2.05) is 13.0 Å². The first-order valence-corrected chi connectivity index (χ1v) is 12.3. The number of benzene rings is 1. The number of halogens is 1. The van der Waals surface area contributed by atoms with Crippen molar-refractivity contribution in [1.29, 1.82) is 0 Å². The Bertz CT molecular complexity index is 1450. The van der Waals surface area contributed by atoms with Crippen LogP contribution in [-0.2, 0) is 10.0 Å². The maximum Gasteiger partial charge on any atom is 0.243 e. The quantitative estimate of drug-likeness (QED) is 0.345. The van der Waals surface area contributed by atoms with Crippen LogP contribution in [0.25, 0.3) is 17.1 Å². The van der Waals surface area contributed by atoms with E-state index in [0.717, 1.165) is 17.8 Å². The molecule has 0 aliphatic heterocycles. The lowest BCUT2D eigenvalue weighted by Crippen LogP contribution is -2.24. The van der Waals surface area contributed by atoms with E-state index in [-0.39, 0.29) is 17.5 Å². The number of aromatic nitrogens is 5. The Morgan fingerprint density at radius 3 is 2.42 bits per heavy atom. The highest BCUT2D eigenvalue weighted by Gasteiger charge is 2.27. The summed E-state index contributed by atoms with van der Waals surface area (Å²) in [7, 11) is -1.26. The predicted molar refractivity (Wildman–Crippen MR) is 129 cm³/mol. The van der Waals surface area contributed by atoms with Crippen LogP contribution in [0.4, 0.5) is 10.3 Å². The summed E-state index contributed by atoms with van der Waals surface area (Å²) in [4.78, 5) is 7.94. The Hall–Kier alpha value is -4.10. The molecule has 3 aromatic heterocycles. The van der Waals surface area contributed by atoms with Crippen LogP contribution in [-0.4, -0.2) is 58.2 Å². The number of aliphatic hydroxyl groups excluding tert-OH is 1. The summed E-state index contributed by atoms with van der Waals surface area (Å²) in [6, 6.07) is 9.18. The summed E-state index contributed by atoms with van der Waals surface area (Å²) in [5.41, 5.74) is 1.77. The zero-order chi connectivity index (χ0) is 25.9. The van der Waals surface area contributed by atoms with E-state index < -0.39 is 27.7 Å². The molecule has 0 aliphatic rings. The fourth-order valence-corrected chi connectivity index (χ4v) is 4.62. The van der Waals surface area contributed by atoms with Gasteiger partial charge in [-0.3, -0.25) is 19.3 Å². The van der Waals surface area contributed by atoms with Crippen molar-refractivity contribution < 1.29 is 27.4 Å². The number of nitrogens with zero attached hydrogens (tertiary/aromatic N) is 5. The van der Waals surface area contributed by atoms with Crippen molar-refractivity contribution in [3.8, 4) is 28.6 Å². The van der Waals surface area contributed by atoms with Gasteiger partial charge in [0.25, 0.3) is 0 Å². The predicted octanol–water partition coefficient (Wildman–Crippen LogP) is 2.66. The summed E-state index contributed by atoms with van der Waals surface area (Å²) in [6.45, 7) is 1.86.